The molecule has 18 heavy (non-hydrogen) atoms. The lowest BCUT2D eigenvalue weighted by molar-refractivity contribution is -0.153. The average Bonchev–Trinajstić information content (AvgIpc) is 2.35. The third kappa shape index (κ3) is 2.91. The number of likely N-dealkylation sites (tertiary alicyclic amines) is 1. The first-order valence-corrected chi connectivity index (χ1v) is 7.09. The number of amides is 2. The molecular formula is C14H23NO3. The van der Waals surface area contributed by atoms with Crippen molar-refractivity contribution in [2.24, 2.45) is 5.92 Å². The monoisotopic (exact) mass is 253 g/mol. The van der Waals surface area contributed by atoms with Crippen molar-refractivity contribution < 1.29 is 14.7 Å². The smallest absolute Gasteiger partial charge is 0.229 e. The van der Waals surface area contributed by atoms with Crippen molar-refractivity contribution >= 4 is 11.8 Å². The third-order valence-corrected chi connectivity index (χ3v) is 4.45. The van der Waals surface area contributed by atoms with Crippen LogP contribution < -0.4 is 0 Å². The maximum atomic E-state index is 11.7. The zero-order valence-electron chi connectivity index (χ0n) is 11.2. The zero-order chi connectivity index (χ0) is 13.2. The molecule has 0 bridgehead atoms. The van der Waals surface area contributed by atoms with Crippen LogP contribution in [0.3, 0.4) is 0 Å². The van der Waals surface area contributed by atoms with Crippen molar-refractivity contribution in [3.05, 3.63) is 0 Å². The lowest BCUT2D eigenvalue weighted by Gasteiger charge is -2.39. The molecule has 1 aliphatic carbocycles. The molecule has 1 saturated heterocycles. The first kappa shape index (κ1) is 13.5. The van der Waals surface area contributed by atoms with Crippen LogP contribution in [0.5, 0.6) is 0 Å². The van der Waals surface area contributed by atoms with Crippen LogP contribution >= 0.6 is 0 Å². The van der Waals surface area contributed by atoms with Gasteiger partial charge in [-0.05, 0) is 38.0 Å². The Labute approximate surface area is 108 Å². The molecular weight excluding hydrogens is 230 g/mol. The molecule has 0 unspecified atom stereocenters. The van der Waals surface area contributed by atoms with Crippen LogP contribution in [-0.4, -0.2) is 34.0 Å². The highest BCUT2D eigenvalue weighted by Crippen LogP contribution is 2.34. The summed E-state index contributed by atoms with van der Waals surface area (Å²) in [7, 11) is 0. The number of hydrogen-bond acceptors (Lipinski definition) is 3. The molecule has 2 amide bonds. The van der Waals surface area contributed by atoms with E-state index in [1.54, 1.807) is 0 Å². The summed E-state index contributed by atoms with van der Waals surface area (Å²) in [5, 5.41) is 10.5. The molecule has 0 radical (unpaired) electrons. The minimum absolute atomic E-state index is 0.114. The van der Waals surface area contributed by atoms with E-state index in [9.17, 15) is 14.7 Å². The number of aliphatic hydroxyl groups is 1. The summed E-state index contributed by atoms with van der Waals surface area (Å²) < 4.78 is 0. The molecule has 4 heteroatoms. The van der Waals surface area contributed by atoms with Gasteiger partial charge < -0.3 is 5.11 Å². The summed E-state index contributed by atoms with van der Waals surface area (Å²) in [6.07, 6.45) is 6.12. The lowest BCUT2D eigenvalue weighted by atomic mass is 9.77. The summed E-state index contributed by atoms with van der Waals surface area (Å²) in [6.45, 7) is 2.38. The summed E-state index contributed by atoms with van der Waals surface area (Å²) >= 11 is 0. The molecule has 2 aliphatic rings. The van der Waals surface area contributed by atoms with Gasteiger partial charge in [0.25, 0.3) is 0 Å². The minimum atomic E-state index is -0.839. The Morgan fingerprint density at radius 3 is 2.28 bits per heavy atom. The van der Waals surface area contributed by atoms with E-state index in [-0.39, 0.29) is 18.4 Å². The number of rotatable bonds is 3. The average molecular weight is 253 g/mol. The normalized spacial score (nSPS) is 33.9. The summed E-state index contributed by atoms with van der Waals surface area (Å²) in [6, 6.07) is 0. The van der Waals surface area contributed by atoms with Gasteiger partial charge in [0, 0.05) is 12.8 Å². The van der Waals surface area contributed by atoms with E-state index >= 15 is 0 Å². The van der Waals surface area contributed by atoms with Crippen molar-refractivity contribution in [1.29, 1.82) is 0 Å². The summed E-state index contributed by atoms with van der Waals surface area (Å²) in [5.74, 6) is 0.465. The van der Waals surface area contributed by atoms with E-state index < -0.39 is 5.60 Å². The van der Waals surface area contributed by atoms with Gasteiger partial charge in [-0.15, -0.1) is 0 Å². The van der Waals surface area contributed by atoms with Gasteiger partial charge in [-0.1, -0.05) is 13.3 Å². The quantitative estimate of drug-likeness (QED) is 0.781. The van der Waals surface area contributed by atoms with Gasteiger partial charge >= 0.3 is 0 Å². The van der Waals surface area contributed by atoms with Crippen LogP contribution in [0.15, 0.2) is 0 Å². The molecule has 4 nitrogen and oxygen atoms in total. The standard InChI is InChI=1S/C14H23NO3/c1-2-11-6-8-14(18,9-7-11)10-15-12(16)4-3-5-13(15)17/h11,18H,2-10H2,1H3. The molecule has 0 aromatic carbocycles. The van der Waals surface area contributed by atoms with Gasteiger partial charge in [0.05, 0.1) is 12.1 Å². The van der Waals surface area contributed by atoms with Gasteiger partial charge in [0.15, 0.2) is 0 Å². The number of nitrogens with zero attached hydrogens (tertiary/aromatic N) is 1. The van der Waals surface area contributed by atoms with Crippen molar-refractivity contribution in [3.8, 4) is 0 Å². The molecule has 2 fully saturated rings. The second-order valence-electron chi connectivity index (χ2n) is 5.80. The molecule has 1 N–H and O–H groups in total. The fraction of sp³-hybridized carbons (Fsp3) is 0.857. The Morgan fingerprint density at radius 1 is 1.22 bits per heavy atom. The second kappa shape index (κ2) is 5.39. The topological polar surface area (TPSA) is 57.6 Å². The Hall–Kier alpha value is -0.900. The maximum Gasteiger partial charge on any atom is 0.229 e. The van der Waals surface area contributed by atoms with Crippen molar-refractivity contribution in [2.75, 3.05) is 6.54 Å². The van der Waals surface area contributed by atoms with Crippen LogP contribution in [0.25, 0.3) is 0 Å². The van der Waals surface area contributed by atoms with E-state index in [0.717, 1.165) is 19.3 Å². The van der Waals surface area contributed by atoms with E-state index in [2.05, 4.69) is 6.92 Å². The number of hydrogen-bond donors (Lipinski definition) is 1. The Morgan fingerprint density at radius 2 is 1.78 bits per heavy atom. The molecule has 0 aromatic heterocycles. The van der Waals surface area contributed by atoms with Crippen LogP contribution in [0.1, 0.15) is 58.3 Å². The van der Waals surface area contributed by atoms with Crippen molar-refractivity contribution in [1.82, 2.24) is 4.90 Å². The highest BCUT2D eigenvalue weighted by atomic mass is 16.3. The van der Waals surface area contributed by atoms with Gasteiger partial charge in [-0.2, -0.15) is 0 Å². The van der Waals surface area contributed by atoms with Crippen molar-refractivity contribution in [2.45, 2.75) is 63.9 Å². The predicted molar refractivity (Wildman–Crippen MR) is 67.8 cm³/mol. The molecule has 0 spiro atoms. The Balaban J connectivity index is 1.95. The molecule has 1 saturated carbocycles. The molecule has 0 aromatic rings. The number of piperidine rings is 1. The first-order chi connectivity index (χ1) is 8.54. The number of imide groups is 1. The number of carbonyl (C=O) groups is 2. The Bertz CT molecular complexity index is 316. The van der Waals surface area contributed by atoms with E-state index in [0.29, 0.717) is 38.0 Å². The van der Waals surface area contributed by atoms with Gasteiger partial charge in [-0.25, -0.2) is 0 Å². The Kier molecular flexibility index (Phi) is 4.05. The van der Waals surface area contributed by atoms with E-state index in [4.69, 9.17) is 0 Å². The van der Waals surface area contributed by atoms with Crippen molar-refractivity contribution in [3.63, 3.8) is 0 Å². The van der Waals surface area contributed by atoms with Crippen LogP contribution in [0.2, 0.25) is 0 Å². The first-order valence-electron chi connectivity index (χ1n) is 7.09. The van der Waals surface area contributed by atoms with Crippen LogP contribution in [-0.2, 0) is 9.59 Å². The molecule has 1 heterocycles. The maximum absolute atomic E-state index is 11.7. The van der Waals surface area contributed by atoms with Gasteiger partial charge in [-0.3, -0.25) is 14.5 Å². The fourth-order valence-electron chi connectivity index (χ4n) is 3.05. The van der Waals surface area contributed by atoms with Gasteiger partial charge in [0.1, 0.15) is 0 Å². The molecule has 0 atom stereocenters. The molecule has 2 rings (SSSR count). The van der Waals surface area contributed by atoms with Crippen LogP contribution in [0, 0.1) is 5.92 Å². The predicted octanol–water partition coefficient (Wildman–Crippen LogP) is 1.86. The van der Waals surface area contributed by atoms with Gasteiger partial charge in [0.2, 0.25) is 11.8 Å². The van der Waals surface area contributed by atoms with E-state index in [1.807, 2.05) is 0 Å². The lowest BCUT2D eigenvalue weighted by Crippen LogP contribution is -2.51. The van der Waals surface area contributed by atoms with E-state index in [1.165, 1.54) is 4.90 Å². The summed E-state index contributed by atoms with van der Waals surface area (Å²) in [4.78, 5) is 24.8. The summed E-state index contributed by atoms with van der Waals surface area (Å²) in [5.41, 5.74) is -0.839. The third-order valence-electron chi connectivity index (χ3n) is 4.45. The zero-order valence-corrected chi connectivity index (χ0v) is 11.2. The molecule has 102 valence electrons. The number of carbonyl (C=O) groups excluding carboxylic acids is 2. The minimum Gasteiger partial charge on any atom is -0.388 e. The molecule has 1 aliphatic heterocycles. The SMILES string of the molecule is CCC1CCC(O)(CN2C(=O)CCCC2=O)CC1. The second-order valence-corrected chi connectivity index (χ2v) is 5.80. The van der Waals surface area contributed by atoms with Crippen LogP contribution in [0.4, 0.5) is 0 Å². The fourth-order valence-corrected chi connectivity index (χ4v) is 3.05. The largest absolute Gasteiger partial charge is 0.388 e. The highest BCUT2D eigenvalue weighted by molar-refractivity contribution is 5.97. The highest BCUT2D eigenvalue weighted by Gasteiger charge is 2.38. The number of β-amino-alcohol motifs (C(OH)–C–C–N with tert-alkyl or cyclic N) is 1.